The van der Waals surface area contributed by atoms with Crippen molar-refractivity contribution in [3.63, 3.8) is 0 Å². The lowest BCUT2D eigenvalue weighted by atomic mass is 10.0. The molecule has 5 heteroatoms. The highest BCUT2D eigenvalue weighted by Crippen LogP contribution is 2.34. The quantitative estimate of drug-likeness (QED) is 0.874. The van der Waals surface area contributed by atoms with Gasteiger partial charge < -0.3 is 4.84 Å². The SMILES string of the molecule is CN1CC(c2ccc(S(C)(=O)=O)cc2)=C(c2ccccc2)O1. The van der Waals surface area contributed by atoms with Gasteiger partial charge in [-0.1, -0.05) is 42.5 Å². The molecule has 3 rings (SSSR count). The van der Waals surface area contributed by atoms with Gasteiger partial charge in [0.15, 0.2) is 15.6 Å². The second-order valence-electron chi connectivity index (χ2n) is 5.35. The van der Waals surface area contributed by atoms with Crippen LogP contribution in [0.1, 0.15) is 11.1 Å². The van der Waals surface area contributed by atoms with Crippen LogP contribution in [-0.2, 0) is 14.7 Å². The zero-order valence-electron chi connectivity index (χ0n) is 12.5. The summed E-state index contributed by atoms with van der Waals surface area (Å²) >= 11 is 0. The third kappa shape index (κ3) is 2.91. The van der Waals surface area contributed by atoms with Crippen molar-refractivity contribution < 1.29 is 13.3 Å². The minimum atomic E-state index is -3.18. The van der Waals surface area contributed by atoms with E-state index in [1.54, 1.807) is 17.2 Å². The van der Waals surface area contributed by atoms with Crippen LogP contribution in [0, 0.1) is 0 Å². The van der Waals surface area contributed by atoms with Crippen molar-refractivity contribution in [2.45, 2.75) is 4.90 Å². The molecule has 0 saturated heterocycles. The van der Waals surface area contributed by atoms with E-state index >= 15 is 0 Å². The monoisotopic (exact) mass is 315 g/mol. The summed E-state index contributed by atoms with van der Waals surface area (Å²) in [7, 11) is -1.30. The van der Waals surface area contributed by atoms with Crippen LogP contribution in [-0.4, -0.2) is 33.3 Å². The number of sulfone groups is 1. The molecule has 0 radical (unpaired) electrons. The molecule has 2 aromatic carbocycles. The fourth-order valence-electron chi connectivity index (χ4n) is 2.48. The average Bonchev–Trinajstić information content (AvgIpc) is 2.89. The number of hydroxylamine groups is 2. The molecule has 1 heterocycles. The molecule has 2 aromatic rings. The number of benzene rings is 2. The Bertz CT molecular complexity index is 809. The van der Waals surface area contributed by atoms with Gasteiger partial charge in [0.05, 0.1) is 11.4 Å². The summed E-state index contributed by atoms with van der Waals surface area (Å²) in [6, 6.07) is 16.8. The van der Waals surface area contributed by atoms with E-state index in [0.29, 0.717) is 11.4 Å². The van der Waals surface area contributed by atoms with E-state index in [0.717, 1.165) is 22.5 Å². The highest BCUT2D eigenvalue weighted by Gasteiger charge is 2.24. The van der Waals surface area contributed by atoms with Crippen molar-refractivity contribution in [1.82, 2.24) is 5.06 Å². The van der Waals surface area contributed by atoms with E-state index in [2.05, 4.69) is 0 Å². The summed E-state index contributed by atoms with van der Waals surface area (Å²) in [5, 5.41) is 1.77. The van der Waals surface area contributed by atoms with Crippen LogP contribution < -0.4 is 0 Å². The zero-order chi connectivity index (χ0) is 15.7. The molecule has 0 amide bonds. The van der Waals surface area contributed by atoms with Gasteiger partial charge in [0.25, 0.3) is 0 Å². The summed E-state index contributed by atoms with van der Waals surface area (Å²) in [5.74, 6) is 0.815. The Balaban J connectivity index is 2.04. The second-order valence-corrected chi connectivity index (χ2v) is 7.36. The fraction of sp³-hybridized carbons (Fsp3) is 0.176. The second kappa shape index (κ2) is 5.59. The third-order valence-corrected chi connectivity index (χ3v) is 4.70. The van der Waals surface area contributed by atoms with Gasteiger partial charge in [-0.25, -0.2) is 8.42 Å². The van der Waals surface area contributed by atoms with Crippen LogP contribution in [0.4, 0.5) is 0 Å². The van der Waals surface area contributed by atoms with E-state index in [9.17, 15) is 8.42 Å². The molecule has 0 N–H and O–H groups in total. The van der Waals surface area contributed by atoms with Crippen LogP contribution in [0.15, 0.2) is 59.5 Å². The maximum Gasteiger partial charge on any atom is 0.175 e. The normalized spacial score (nSPS) is 15.9. The van der Waals surface area contributed by atoms with E-state index in [-0.39, 0.29) is 0 Å². The molecule has 22 heavy (non-hydrogen) atoms. The van der Waals surface area contributed by atoms with Gasteiger partial charge in [-0.05, 0) is 17.7 Å². The molecule has 1 aliphatic rings. The molecule has 114 valence electrons. The molecule has 0 fully saturated rings. The summed E-state index contributed by atoms with van der Waals surface area (Å²) in [6.45, 7) is 0.655. The van der Waals surface area contributed by atoms with Crippen LogP contribution in [0.25, 0.3) is 11.3 Å². The molecule has 4 nitrogen and oxygen atoms in total. The van der Waals surface area contributed by atoms with Gasteiger partial charge in [-0.15, -0.1) is 5.06 Å². The highest BCUT2D eigenvalue weighted by molar-refractivity contribution is 7.90. The van der Waals surface area contributed by atoms with Crippen LogP contribution in [0.3, 0.4) is 0 Å². The molecular weight excluding hydrogens is 298 g/mol. The Kier molecular flexibility index (Phi) is 3.76. The Hall–Kier alpha value is -2.11. The first-order chi connectivity index (χ1) is 10.4. The van der Waals surface area contributed by atoms with E-state index in [1.165, 1.54) is 6.26 Å². The van der Waals surface area contributed by atoms with Crippen molar-refractivity contribution in [3.8, 4) is 0 Å². The predicted molar refractivity (Wildman–Crippen MR) is 86.5 cm³/mol. The number of nitrogens with zero attached hydrogens (tertiary/aromatic N) is 1. The number of rotatable bonds is 3. The average molecular weight is 315 g/mol. The van der Waals surface area contributed by atoms with Crippen molar-refractivity contribution in [2.75, 3.05) is 19.8 Å². The molecule has 0 spiro atoms. The van der Waals surface area contributed by atoms with Crippen LogP contribution in [0.2, 0.25) is 0 Å². The first-order valence-corrected chi connectivity index (χ1v) is 8.82. The smallest absolute Gasteiger partial charge is 0.175 e. The molecule has 0 unspecified atom stereocenters. The molecule has 0 atom stereocenters. The molecule has 0 aromatic heterocycles. The Morgan fingerprint density at radius 3 is 2.18 bits per heavy atom. The van der Waals surface area contributed by atoms with Crippen LogP contribution >= 0.6 is 0 Å². The van der Waals surface area contributed by atoms with Crippen molar-refractivity contribution in [3.05, 3.63) is 65.7 Å². The summed E-state index contributed by atoms with van der Waals surface area (Å²) in [4.78, 5) is 6.13. The van der Waals surface area contributed by atoms with Gasteiger partial charge in [0, 0.05) is 24.4 Å². The Morgan fingerprint density at radius 2 is 1.59 bits per heavy atom. The van der Waals surface area contributed by atoms with Crippen LogP contribution in [0.5, 0.6) is 0 Å². The Morgan fingerprint density at radius 1 is 0.955 bits per heavy atom. The maximum absolute atomic E-state index is 11.6. The standard InChI is InChI=1S/C17H17NO3S/c1-18-12-16(17(21-18)14-6-4-3-5-7-14)13-8-10-15(11-9-13)22(2,19)20/h3-11H,12H2,1-2H3. The summed E-state index contributed by atoms with van der Waals surface area (Å²) in [5.41, 5.74) is 3.03. The zero-order valence-corrected chi connectivity index (χ0v) is 13.3. The summed E-state index contributed by atoms with van der Waals surface area (Å²) < 4.78 is 23.1. The predicted octanol–water partition coefficient (Wildman–Crippen LogP) is 2.84. The van der Waals surface area contributed by atoms with Crippen molar-refractivity contribution >= 4 is 21.2 Å². The fourth-order valence-corrected chi connectivity index (χ4v) is 3.11. The van der Waals surface area contributed by atoms with Gasteiger partial charge in [-0.3, -0.25) is 0 Å². The third-order valence-electron chi connectivity index (χ3n) is 3.57. The topological polar surface area (TPSA) is 46.6 Å². The lowest BCUT2D eigenvalue weighted by Crippen LogP contribution is -2.12. The lowest BCUT2D eigenvalue weighted by molar-refractivity contribution is -0.0335. The van der Waals surface area contributed by atoms with E-state index < -0.39 is 9.84 Å². The largest absolute Gasteiger partial charge is 0.405 e. The first-order valence-electron chi connectivity index (χ1n) is 6.93. The molecule has 0 bridgehead atoms. The van der Waals surface area contributed by atoms with Gasteiger partial charge in [0.1, 0.15) is 0 Å². The Labute approximate surface area is 130 Å². The number of hydrogen-bond donors (Lipinski definition) is 0. The molecule has 0 aliphatic carbocycles. The minimum Gasteiger partial charge on any atom is -0.405 e. The molecule has 0 saturated carbocycles. The van der Waals surface area contributed by atoms with Gasteiger partial charge in [-0.2, -0.15) is 0 Å². The highest BCUT2D eigenvalue weighted by atomic mass is 32.2. The van der Waals surface area contributed by atoms with Gasteiger partial charge >= 0.3 is 0 Å². The number of hydrogen-bond acceptors (Lipinski definition) is 4. The summed E-state index contributed by atoms with van der Waals surface area (Å²) in [6.07, 6.45) is 1.21. The van der Waals surface area contributed by atoms with Gasteiger partial charge in [0.2, 0.25) is 0 Å². The van der Waals surface area contributed by atoms with Crippen molar-refractivity contribution in [2.24, 2.45) is 0 Å². The molecular formula is C17H17NO3S. The first kappa shape index (κ1) is 14.8. The lowest BCUT2D eigenvalue weighted by Gasteiger charge is -2.09. The van der Waals surface area contributed by atoms with E-state index in [1.807, 2.05) is 49.5 Å². The minimum absolute atomic E-state index is 0.324. The van der Waals surface area contributed by atoms with E-state index in [4.69, 9.17) is 4.84 Å². The van der Waals surface area contributed by atoms with Crippen molar-refractivity contribution in [1.29, 1.82) is 0 Å². The molecule has 1 aliphatic heterocycles. The maximum atomic E-state index is 11.6. The number of likely N-dealkylation sites (N-methyl/N-ethyl adjacent to an activating group) is 1.